The maximum Gasteiger partial charge on any atom is 0.255 e. The van der Waals surface area contributed by atoms with Crippen molar-refractivity contribution in [3.05, 3.63) is 81.9 Å². The average molecular weight is 496 g/mol. The first-order valence-corrected chi connectivity index (χ1v) is 12.4. The molecule has 1 aromatic heterocycles. The first-order chi connectivity index (χ1) is 15.8. The van der Waals surface area contributed by atoms with E-state index in [0.29, 0.717) is 16.3 Å². The zero-order valence-corrected chi connectivity index (χ0v) is 20.8. The summed E-state index contributed by atoms with van der Waals surface area (Å²) in [6, 6.07) is 16.4. The lowest BCUT2D eigenvalue weighted by atomic mass is 10.1. The molecule has 0 aliphatic carbocycles. The Hall–Kier alpha value is -2.87. The molecule has 0 radical (unpaired) electrons. The van der Waals surface area contributed by atoms with Gasteiger partial charge in [0, 0.05) is 22.0 Å². The molecular weight excluding hydrogens is 474 g/mol. The molecule has 8 heteroatoms. The molecule has 1 heterocycles. The van der Waals surface area contributed by atoms with Crippen molar-refractivity contribution in [2.75, 3.05) is 16.4 Å². The Morgan fingerprint density at radius 1 is 0.970 bits per heavy atom. The summed E-state index contributed by atoms with van der Waals surface area (Å²) in [5.41, 5.74) is 6.21. The van der Waals surface area contributed by atoms with E-state index in [1.807, 2.05) is 39.0 Å². The summed E-state index contributed by atoms with van der Waals surface area (Å²) < 4.78 is 1.75. The van der Waals surface area contributed by atoms with Crippen LogP contribution in [0, 0.1) is 20.8 Å². The monoisotopic (exact) mass is 495 g/mol. The fourth-order valence-corrected chi connectivity index (χ4v) is 5.56. The Balaban J connectivity index is 1.40. The van der Waals surface area contributed by atoms with Gasteiger partial charge in [-0.2, -0.15) is 0 Å². The highest BCUT2D eigenvalue weighted by atomic mass is 35.5. The number of benzene rings is 3. The molecule has 0 fully saturated rings. The molecule has 3 aromatic carbocycles. The van der Waals surface area contributed by atoms with E-state index in [1.54, 1.807) is 24.3 Å². The standard InChI is InChI=1S/C25H22ClN3O2S2/c1-14-10-15(2)23(16(3)11-14)29-22(30)13-32-25-28-20-9-8-19(12-21(20)33-25)27-24(31)17-4-6-18(26)7-5-17/h4-12H,13H2,1-3H3,(H,27,31)(H,29,30). The van der Waals surface area contributed by atoms with Gasteiger partial charge in [0.2, 0.25) is 5.91 Å². The summed E-state index contributed by atoms with van der Waals surface area (Å²) in [5, 5.41) is 6.50. The number of rotatable bonds is 6. The average Bonchev–Trinajstić information content (AvgIpc) is 3.17. The van der Waals surface area contributed by atoms with Crippen LogP contribution in [0.5, 0.6) is 0 Å². The quantitative estimate of drug-likeness (QED) is 0.287. The molecule has 0 saturated heterocycles. The Kier molecular flexibility index (Phi) is 7.02. The zero-order chi connectivity index (χ0) is 23.5. The molecule has 0 saturated carbocycles. The van der Waals surface area contributed by atoms with E-state index in [0.717, 1.165) is 31.4 Å². The summed E-state index contributed by atoms with van der Waals surface area (Å²) in [4.78, 5) is 29.6. The van der Waals surface area contributed by atoms with Crippen LogP contribution in [-0.4, -0.2) is 22.6 Å². The molecule has 4 rings (SSSR count). The van der Waals surface area contributed by atoms with Crippen molar-refractivity contribution in [3.63, 3.8) is 0 Å². The number of thioether (sulfide) groups is 1. The van der Waals surface area contributed by atoms with Gasteiger partial charge in [0.15, 0.2) is 4.34 Å². The second-order valence-corrected chi connectivity index (χ2v) is 10.4. The number of nitrogens with one attached hydrogen (secondary N) is 2. The van der Waals surface area contributed by atoms with Gasteiger partial charge in [0.05, 0.1) is 16.0 Å². The smallest absolute Gasteiger partial charge is 0.255 e. The van der Waals surface area contributed by atoms with Gasteiger partial charge in [0.25, 0.3) is 5.91 Å². The highest BCUT2D eigenvalue weighted by molar-refractivity contribution is 8.01. The van der Waals surface area contributed by atoms with E-state index in [4.69, 9.17) is 11.6 Å². The summed E-state index contributed by atoms with van der Waals surface area (Å²) in [6.45, 7) is 6.04. The number of hydrogen-bond donors (Lipinski definition) is 2. The molecule has 168 valence electrons. The van der Waals surface area contributed by atoms with E-state index in [1.165, 1.54) is 28.7 Å². The van der Waals surface area contributed by atoms with Gasteiger partial charge in [0.1, 0.15) is 0 Å². The third-order valence-corrected chi connectivity index (χ3v) is 7.41. The number of halogens is 1. The maximum absolute atomic E-state index is 12.5. The summed E-state index contributed by atoms with van der Waals surface area (Å²) in [5.74, 6) is 0.000870. The van der Waals surface area contributed by atoms with Crippen molar-refractivity contribution in [2.45, 2.75) is 25.1 Å². The van der Waals surface area contributed by atoms with Crippen LogP contribution in [0.2, 0.25) is 5.02 Å². The largest absolute Gasteiger partial charge is 0.325 e. The second kappa shape index (κ2) is 9.95. The Morgan fingerprint density at radius 2 is 1.67 bits per heavy atom. The van der Waals surface area contributed by atoms with Gasteiger partial charge < -0.3 is 10.6 Å². The van der Waals surface area contributed by atoms with E-state index >= 15 is 0 Å². The minimum atomic E-state index is -0.205. The van der Waals surface area contributed by atoms with Crippen molar-refractivity contribution < 1.29 is 9.59 Å². The van der Waals surface area contributed by atoms with Crippen LogP contribution in [0.15, 0.2) is 58.9 Å². The molecule has 0 bridgehead atoms. The minimum absolute atomic E-state index is 0.0646. The fraction of sp³-hybridized carbons (Fsp3) is 0.160. The number of fused-ring (bicyclic) bond motifs is 1. The third-order valence-electron chi connectivity index (χ3n) is 5.00. The van der Waals surface area contributed by atoms with Crippen LogP contribution in [0.4, 0.5) is 11.4 Å². The van der Waals surface area contributed by atoms with E-state index in [9.17, 15) is 9.59 Å². The van der Waals surface area contributed by atoms with Crippen LogP contribution in [0.25, 0.3) is 10.2 Å². The number of nitrogens with zero attached hydrogens (tertiary/aromatic N) is 1. The molecular formula is C25H22ClN3O2S2. The molecule has 4 aromatic rings. The SMILES string of the molecule is Cc1cc(C)c(NC(=O)CSc2nc3ccc(NC(=O)c4ccc(Cl)cc4)cc3s2)c(C)c1. The van der Waals surface area contributed by atoms with Gasteiger partial charge >= 0.3 is 0 Å². The second-order valence-electron chi connectivity index (χ2n) is 7.73. The Bertz CT molecular complexity index is 1330. The lowest BCUT2D eigenvalue weighted by Gasteiger charge is -2.12. The maximum atomic E-state index is 12.5. The summed E-state index contributed by atoms with van der Waals surface area (Å²) >= 11 is 8.78. The summed E-state index contributed by atoms with van der Waals surface area (Å²) in [7, 11) is 0. The van der Waals surface area contributed by atoms with Gasteiger partial charge in [-0.3, -0.25) is 9.59 Å². The zero-order valence-electron chi connectivity index (χ0n) is 18.4. The Labute approximate surface area is 205 Å². The normalized spacial score (nSPS) is 10.9. The number of amides is 2. The molecule has 0 aliphatic heterocycles. The number of aryl methyl sites for hydroxylation is 3. The lowest BCUT2D eigenvalue weighted by Crippen LogP contribution is -2.15. The molecule has 2 amide bonds. The van der Waals surface area contributed by atoms with Gasteiger partial charge in [-0.25, -0.2) is 4.98 Å². The van der Waals surface area contributed by atoms with Crippen LogP contribution in [0.3, 0.4) is 0 Å². The number of aromatic nitrogens is 1. The number of carbonyl (C=O) groups is 2. The van der Waals surface area contributed by atoms with Crippen LogP contribution >= 0.6 is 34.7 Å². The third kappa shape index (κ3) is 5.74. The summed E-state index contributed by atoms with van der Waals surface area (Å²) in [6.07, 6.45) is 0. The first-order valence-electron chi connectivity index (χ1n) is 10.3. The molecule has 5 nitrogen and oxygen atoms in total. The number of anilines is 2. The van der Waals surface area contributed by atoms with Crippen LogP contribution in [0.1, 0.15) is 27.0 Å². The van der Waals surface area contributed by atoms with E-state index in [2.05, 4.69) is 27.8 Å². The predicted octanol–water partition coefficient (Wildman–Crippen LogP) is 6.86. The van der Waals surface area contributed by atoms with E-state index in [-0.39, 0.29) is 17.6 Å². The highest BCUT2D eigenvalue weighted by Gasteiger charge is 2.12. The number of thiazole rings is 1. The molecule has 0 spiro atoms. The van der Waals surface area contributed by atoms with Crippen molar-refractivity contribution >= 4 is 68.1 Å². The minimum Gasteiger partial charge on any atom is -0.325 e. The van der Waals surface area contributed by atoms with Crippen molar-refractivity contribution in [1.82, 2.24) is 4.98 Å². The van der Waals surface area contributed by atoms with Gasteiger partial charge in [-0.15, -0.1) is 11.3 Å². The molecule has 0 unspecified atom stereocenters. The number of hydrogen-bond acceptors (Lipinski definition) is 5. The molecule has 2 N–H and O–H groups in total. The molecule has 33 heavy (non-hydrogen) atoms. The predicted molar refractivity (Wildman–Crippen MR) is 139 cm³/mol. The fourth-order valence-electron chi connectivity index (χ4n) is 3.53. The van der Waals surface area contributed by atoms with E-state index < -0.39 is 0 Å². The number of carbonyl (C=O) groups excluding carboxylic acids is 2. The molecule has 0 atom stereocenters. The molecule has 0 aliphatic rings. The lowest BCUT2D eigenvalue weighted by molar-refractivity contribution is -0.113. The topological polar surface area (TPSA) is 71.1 Å². The van der Waals surface area contributed by atoms with Crippen molar-refractivity contribution in [3.8, 4) is 0 Å². The van der Waals surface area contributed by atoms with Crippen molar-refractivity contribution in [2.24, 2.45) is 0 Å². The Morgan fingerprint density at radius 3 is 2.36 bits per heavy atom. The van der Waals surface area contributed by atoms with Gasteiger partial charge in [-0.05, 0) is 74.4 Å². The van der Waals surface area contributed by atoms with Crippen LogP contribution < -0.4 is 10.6 Å². The van der Waals surface area contributed by atoms with Crippen LogP contribution in [-0.2, 0) is 4.79 Å². The van der Waals surface area contributed by atoms with Crippen molar-refractivity contribution in [1.29, 1.82) is 0 Å². The highest BCUT2D eigenvalue weighted by Crippen LogP contribution is 2.32. The first kappa shape index (κ1) is 23.3. The van der Waals surface area contributed by atoms with Gasteiger partial charge in [-0.1, -0.05) is 41.1 Å².